The van der Waals surface area contributed by atoms with E-state index in [1.165, 1.54) is 12.1 Å². The summed E-state index contributed by atoms with van der Waals surface area (Å²) >= 11 is 0. The Morgan fingerprint density at radius 1 is 1.33 bits per heavy atom. The Bertz CT molecular complexity index is 695. The fraction of sp³-hybridized carbons (Fsp3) is 0.667. The van der Waals surface area contributed by atoms with Crippen molar-refractivity contribution in [1.29, 1.82) is 0 Å². The summed E-state index contributed by atoms with van der Waals surface area (Å²) in [6, 6.07) is 4.35. The largest absolute Gasteiger partial charge is 0.416 e. The number of alkyl halides is 3. The van der Waals surface area contributed by atoms with Crippen LogP contribution in [-0.4, -0.2) is 35.6 Å². The van der Waals surface area contributed by atoms with E-state index in [-0.39, 0.29) is 29.8 Å². The van der Waals surface area contributed by atoms with E-state index >= 15 is 0 Å². The maximum atomic E-state index is 13.1. The molecule has 150 valence electrons. The van der Waals surface area contributed by atoms with E-state index in [2.05, 4.69) is 0 Å². The van der Waals surface area contributed by atoms with Crippen LogP contribution in [0.5, 0.6) is 0 Å². The Morgan fingerprint density at radius 3 is 2.63 bits per heavy atom. The van der Waals surface area contributed by atoms with Crippen molar-refractivity contribution in [1.82, 2.24) is 4.90 Å². The van der Waals surface area contributed by atoms with Crippen LogP contribution in [0.3, 0.4) is 0 Å². The molecule has 1 unspecified atom stereocenters. The number of hydrogen-bond acceptors (Lipinski definition) is 2. The zero-order valence-corrected chi connectivity index (χ0v) is 16.0. The summed E-state index contributed by atoms with van der Waals surface area (Å²) in [4.78, 5) is 14.3. The predicted octanol–water partition coefficient (Wildman–Crippen LogP) is 4.52. The second-order valence-electron chi connectivity index (χ2n) is 8.43. The van der Waals surface area contributed by atoms with Gasteiger partial charge in [0.05, 0.1) is 18.1 Å². The van der Waals surface area contributed by atoms with Crippen LogP contribution in [0.1, 0.15) is 61.6 Å². The van der Waals surface area contributed by atoms with Gasteiger partial charge in [-0.05, 0) is 56.2 Å². The lowest BCUT2D eigenvalue weighted by molar-refractivity contribution is -0.149. The number of aliphatic hydroxyl groups is 1. The molecule has 0 aromatic heterocycles. The Labute approximate surface area is 158 Å². The molecular weight excluding hydrogens is 355 g/mol. The molecule has 1 heterocycles. The highest BCUT2D eigenvalue weighted by atomic mass is 19.4. The average molecular weight is 383 g/mol. The van der Waals surface area contributed by atoms with Crippen LogP contribution < -0.4 is 0 Å². The molecule has 27 heavy (non-hydrogen) atoms. The van der Waals surface area contributed by atoms with Gasteiger partial charge in [0.2, 0.25) is 5.91 Å². The van der Waals surface area contributed by atoms with Crippen molar-refractivity contribution < 1.29 is 23.1 Å². The molecule has 1 saturated heterocycles. The molecule has 1 amide bonds. The summed E-state index contributed by atoms with van der Waals surface area (Å²) in [6.45, 7) is 4.91. The van der Waals surface area contributed by atoms with E-state index in [1.54, 1.807) is 6.92 Å². The van der Waals surface area contributed by atoms with Gasteiger partial charge in [-0.25, -0.2) is 0 Å². The van der Waals surface area contributed by atoms with Crippen LogP contribution in [0.25, 0.3) is 0 Å². The number of rotatable bonds is 5. The molecule has 6 heteroatoms. The van der Waals surface area contributed by atoms with E-state index in [0.717, 1.165) is 31.2 Å². The van der Waals surface area contributed by atoms with Gasteiger partial charge in [-0.3, -0.25) is 4.79 Å². The van der Waals surface area contributed by atoms with Gasteiger partial charge in [0.1, 0.15) is 0 Å². The number of benzene rings is 1. The zero-order valence-electron chi connectivity index (χ0n) is 16.0. The van der Waals surface area contributed by atoms with Crippen molar-refractivity contribution in [3.05, 3.63) is 34.9 Å². The number of carbonyl (C=O) groups excluding carboxylic acids is 1. The predicted molar refractivity (Wildman–Crippen MR) is 97.3 cm³/mol. The minimum Gasteiger partial charge on any atom is -0.396 e. The summed E-state index contributed by atoms with van der Waals surface area (Å²) in [7, 11) is 0. The minimum absolute atomic E-state index is 0.0170. The highest BCUT2D eigenvalue weighted by Crippen LogP contribution is 2.52. The monoisotopic (exact) mass is 383 g/mol. The molecule has 1 spiro atoms. The molecular formula is C21H28F3NO2. The molecule has 0 radical (unpaired) electrons. The molecule has 2 fully saturated rings. The summed E-state index contributed by atoms with van der Waals surface area (Å²) in [6.07, 6.45) is -0.155. The third-order valence-electron chi connectivity index (χ3n) is 6.17. The molecule has 1 N–H and O–H groups in total. The Kier molecular flexibility index (Phi) is 5.57. The first kappa shape index (κ1) is 20.2. The third kappa shape index (κ3) is 4.15. The first-order chi connectivity index (χ1) is 12.7. The number of aliphatic hydroxyl groups excluding tert-OH is 1. The van der Waals surface area contributed by atoms with Crippen molar-refractivity contribution in [3.63, 3.8) is 0 Å². The van der Waals surface area contributed by atoms with Crippen LogP contribution in [0, 0.1) is 18.3 Å². The second-order valence-corrected chi connectivity index (χ2v) is 8.43. The highest BCUT2D eigenvalue weighted by Gasteiger charge is 2.50. The van der Waals surface area contributed by atoms with Crippen molar-refractivity contribution >= 4 is 5.91 Å². The van der Waals surface area contributed by atoms with Gasteiger partial charge >= 0.3 is 6.18 Å². The number of hydrogen-bond donors (Lipinski definition) is 1. The van der Waals surface area contributed by atoms with E-state index in [0.29, 0.717) is 25.1 Å². The lowest BCUT2D eigenvalue weighted by Crippen LogP contribution is -2.59. The van der Waals surface area contributed by atoms with Gasteiger partial charge in [-0.15, -0.1) is 0 Å². The molecule has 2 aliphatic rings. The Morgan fingerprint density at radius 2 is 2.04 bits per heavy atom. The number of likely N-dealkylation sites (tertiary alicyclic amines) is 1. The Balaban J connectivity index is 1.65. The van der Waals surface area contributed by atoms with Crippen molar-refractivity contribution in [2.45, 2.75) is 58.0 Å². The summed E-state index contributed by atoms with van der Waals surface area (Å²) in [5.74, 6) is -0.188. The SMILES string of the molecule is CCC[C@H](CO)C(=O)N1CC2(CCC(c3cc(C)cc(C(F)(F)F)c3)C2)C1. The smallest absolute Gasteiger partial charge is 0.396 e. The summed E-state index contributed by atoms with van der Waals surface area (Å²) in [5.41, 5.74) is 0.864. The standard InChI is InChI=1S/C21H28F3NO2/c1-3-4-16(11-26)19(27)25-12-20(13-25)6-5-15(10-20)17-7-14(2)8-18(9-17)21(22,23)24/h7-9,15-16,26H,3-6,10-13H2,1-2H3/t15?,16-/m1/s1. The fourth-order valence-electron chi connectivity index (χ4n) is 4.81. The number of nitrogens with zero attached hydrogens (tertiary/aromatic N) is 1. The Hall–Kier alpha value is -1.56. The van der Waals surface area contributed by atoms with Gasteiger partial charge in [0, 0.05) is 18.5 Å². The van der Waals surface area contributed by atoms with Gasteiger partial charge in [-0.2, -0.15) is 13.2 Å². The third-order valence-corrected chi connectivity index (χ3v) is 6.17. The van der Waals surface area contributed by atoms with E-state index in [9.17, 15) is 23.1 Å². The lowest BCUT2D eigenvalue weighted by Gasteiger charge is -2.49. The highest BCUT2D eigenvalue weighted by molar-refractivity contribution is 5.80. The van der Waals surface area contributed by atoms with Crippen LogP contribution in [0.2, 0.25) is 0 Å². The van der Waals surface area contributed by atoms with Gasteiger partial charge in [0.15, 0.2) is 0 Å². The molecule has 3 nitrogen and oxygen atoms in total. The van der Waals surface area contributed by atoms with E-state index in [4.69, 9.17) is 0 Å². The van der Waals surface area contributed by atoms with Crippen molar-refractivity contribution in [2.75, 3.05) is 19.7 Å². The fourth-order valence-corrected chi connectivity index (χ4v) is 4.81. The minimum atomic E-state index is -4.32. The van der Waals surface area contributed by atoms with E-state index < -0.39 is 11.7 Å². The van der Waals surface area contributed by atoms with Crippen LogP contribution >= 0.6 is 0 Å². The average Bonchev–Trinajstić information content (AvgIpc) is 3.02. The first-order valence-corrected chi connectivity index (χ1v) is 9.76. The molecule has 2 atom stereocenters. The molecule has 1 aliphatic heterocycles. The summed E-state index contributed by atoms with van der Waals surface area (Å²) < 4.78 is 39.3. The first-order valence-electron chi connectivity index (χ1n) is 9.76. The zero-order chi connectivity index (χ0) is 19.8. The van der Waals surface area contributed by atoms with Gasteiger partial charge in [0.25, 0.3) is 0 Å². The van der Waals surface area contributed by atoms with Crippen molar-refractivity contribution in [3.8, 4) is 0 Å². The molecule has 1 aromatic rings. The van der Waals surface area contributed by atoms with Gasteiger partial charge in [-0.1, -0.05) is 25.0 Å². The molecule has 3 rings (SSSR count). The maximum absolute atomic E-state index is 13.1. The quantitative estimate of drug-likeness (QED) is 0.812. The topological polar surface area (TPSA) is 40.5 Å². The normalized spacial score (nSPS) is 22.7. The van der Waals surface area contributed by atoms with Crippen molar-refractivity contribution in [2.24, 2.45) is 11.3 Å². The second kappa shape index (κ2) is 7.46. The molecule has 1 aromatic carbocycles. The van der Waals surface area contributed by atoms with Crippen LogP contribution in [0.15, 0.2) is 18.2 Å². The number of carbonyl (C=O) groups is 1. The maximum Gasteiger partial charge on any atom is 0.416 e. The number of amides is 1. The lowest BCUT2D eigenvalue weighted by atomic mass is 9.76. The summed E-state index contributed by atoms with van der Waals surface area (Å²) in [5, 5.41) is 9.42. The van der Waals surface area contributed by atoms with E-state index in [1.807, 2.05) is 17.9 Å². The van der Waals surface area contributed by atoms with Gasteiger partial charge < -0.3 is 10.0 Å². The number of aryl methyl sites for hydroxylation is 1. The number of halogens is 3. The molecule has 1 aliphatic carbocycles. The molecule has 1 saturated carbocycles. The van der Waals surface area contributed by atoms with Crippen LogP contribution in [-0.2, 0) is 11.0 Å². The molecule has 0 bridgehead atoms. The van der Waals surface area contributed by atoms with Crippen LogP contribution in [0.4, 0.5) is 13.2 Å².